The van der Waals surface area contributed by atoms with Crippen LogP contribution in [0.2, 0.25) is 0 Å². The number of carboxylic acids is 1. The van der Waals surface area contributed by atoms with Gasteiger partial charge in [0.1, 0.15) is 6.04 Å². The monoisotopic (exact) mass is 243 g/mol. The lowest BCUT2D eigenvalue weighted by molar-refractivity contribution is -0.148. The summed E-state index contributed by atoms with van der Waals surface area (Å²) in [5, 5.41) is 9.07. The van der Waals surface area contributed by atoms with Crippen molar-refractivity contribution in [2.45, 2.75) is 37.6 Å². The highest BCUT2D eigenvalue weighted by Gasteiger charge is 2.40. The molecule has 0 spiro atoms. The summed E-state index contributed by atoms with van der Waals surface area (Å²) in [7, 11) is 0. The van der Waals surface area contributed by atoms with Crippen LogP contribution in [0.25, 0.3) is 0 Å². The zero-order valence-electron chi connectivity index (χ0n) is 9.39. The Morgan fingerprint density at radius 3 is 2.81 bits per heavy atom. The maximum absolute atomic E-state index is 11.8. The van der Waals surface area contributed by atoms with Crippen LogP contribution in [0.4, 0.5) is 0 Å². The lowest BCUT2D eigenvalue weighted by atomic mass is 10.2. The van der Waals surface area contributed by atoms with E-state index in [1.807, 2.05) is 6.92 Å². The first-order valence-electron chi connectivity index (χ1n) is 5.38. The molecule has 1 N–H and O–H groups in total. The predicted molar refractivity (Wildman–Crippen MR) is 64.2 cm³/mol. The van der Waals surface area contributed by atoms with E-state index in [9.17, 15) is 9.59 Å². The van der Waals surface area contributed by atoms with Gasteiger partial charge in [0.05, 0.1) is 5.37 Å². The summed E-state index contributed by atoms with van der Waals surface area (Å²) in [6.45, 7) is 5.54. The second-order valence-corrected chi connectivity index (χ2v) is 4.94. The van der Waals surface area contributed by atoms with Crippen LogP contribution in [-0.2, 0) is 9.59 Å². The summed E-state index contributed by atoms with van der Waals surface area (Å²) in [5.74, 6) is -0.558. The highest BCUT2D eigenvalue weighted by Crippen LogP contribution is 2.32. The van der Waals surface area contributed by atoms with E-state index < -0.39 is 12.0 Å². The van der Waals surface area contributed by atoms with Gasteiger partial charge < -0.3 is 10.0 Å². The Labute approximate surface area is 99.7 Å². The molecule has 16 heavy (non-hydrogen) atoms. The van der Waals surface area contributed by atoms with Gasteiger partial charge in [-0.2, -0.15) is 0 Å². The molecule has 1 fully saturated rings. The van der Waals surface area contributed by atoms with Crippen molar-refractivity contribution in [3.05, 3.63) is 12.7 Å². The van der Waals surface area contributed by atoms with Gasteiger partial charge in [0, 0.05) is 12.2 Å². The minimum absolute atomic E-state index is 0.0125. The highest BCUT2D eigenvalue weighted by atomic mass is 32.2. The lowest BCUT2D eigenvalue weighted by Crippen LogP contribution is -2.45. The van der Waals surface area contributed by atoms with Crippen molar-refractivity contribution in [2.24, 2.45) is 0 Å². The second kappa shape index (κ2) is 5.94. The minimum Gasteiger partial charge on any atom is -0.480 e. The topological polar surface area (TPSA) is 57.6 Å². The molecule has 0 radical (unpaired) electrons. The molecule has 0 aromatic rings. The number of carboxylic acid groups (broad SMARTS) is 1. The summed E-state index contributed by atoms with van der Waals surface area (Å²) in [5.41, 5.74) is 0. The summed E-state index contributed by atoms with van der Waals surface area (Å²) in [6, 6.07) is -0.672. The van der Waals surface area contributed by atoms with E-state index in [2.05, 4.69) is 6.58 Å². The van der Waals surface area contributed by atoms with Gasteiger partial charge in [0.15, 0.2) is 0 Å². The summed E-state index contributed by atoms with van der Waals surface area (Å²) >= 11 is 1.56. The predicted octanol–water partition coefficient (Wildman–Crippen LogP) is 1.72. The normalized spacial score (nSPS) is 24.4. The Morgan fingerprint density at radius 2 is 2.31 bits per heavy atom. The number of carbonyl (C=O) groups excluding carboxylic acids is 1. The van der Waals surface area contributed by atoms with Crippen LogP contribution in [0, 0.1) is 0 Å². The molecule has 0 aromatic carbocycles. The number of rotatable bonds is 5. The molecule has 1 saturated heterocycles. The van der Waals surface area contributed by atoms with Crippen molar-refractivity contribution in [2.75, 3.05) is 5.75 Å². The fourth-order valence-corrected chi connectivity index (χ4v) is 3.32. The Morgan fingerprint density at radius 1 is 1.62 bits per heavy atom. The first-order chi connectivity index (χ1) is 7.61. The third-order valence-electron chi connectivity index (χ3n) is 2.52. The van der Waals surface area contributed by atoms with Gasteiger partial charge in [-0.25, -0.2) is 4.79 Å². The van der Waals surface area contributed by atoms with Crippen LogP contribution in [-0.4, -0.2) is 39.1 Å². The Bertz CT molecular complexity index is 293. The molecular weight excluding hydrogens is 226 g/mol. The van der Waals surface area contributed by atoms with E-state index in [4.69, 9.17) is 5.11 Å². The molecule has 1 rings (SSSR count). The maximum Gasteiger partial charge on any atom is 0.327 e. The number of hydrogen-bond donors (Lipinski definition) is 1. The quantitative estimate of drug-likeness (QED) is 0.747. The fraction of sp³-hybridized carbons (Fsp3) is 0.636. The zero-order valence-corrected chi connectivity index (χ0v) is 10.2. The smallest absolute Gasteiger partial charge is 0.327 e. The van der Waals surface area contributed by atoms with Gasteiger partial charge in [0.25, 0.3) is 0 Å². The van der Waals surface area contributed by atoms with Gasteiger partial charge in [0.2, 0.25) is 5.91 Å². The minimum atomic E-state index is -0.913. The molecule has 1 heterocycles. The lowest BCUT2D eigenvalue weighted by Gasteiger charge is -2.26. The standard InChI is InChI=1S/C11H17NO3S/c1-3-5-9(13)12-8(11(14)15)7-16-10(12)6-4-2/h3,8,10H,1,4-7H2,2H3,(H,14,15). The first-order valence-corrected chi connectivity index (χ1v) is 6.43. The van der Waals surface area contributed by atoms with Crippen molar-refractivity contribution in [3.8, 4) is 0 Å². The van der Waals surface area contributed by atoms with Gasteiger partial charge in [-0.3, -0.25) is 4.79 Å². The van der Waals surface area contributed by atoms with Crippen molar-refractivity contribution in [3.63, 3.8) is 0 Å². The van der Waals surface area contributed by atoms with E-state index in [-0.39, 0.29) is 17.7 Å². The van der Waals surface area contributed by atoms with Crippen molar-refractivity contribution < 1.29 is 14.7 Å². The third-order valence-corrected chi connectivity index (χ3v) is 3.88. The number of hydrogen-bond acceptors (Lipinski definition) is 3. The van der Waals surface area contributed by atoms with Crippen LogP contribution >= 0.6 is 11.8 Å². The average molecular weight is 243 g/mol. The number of amides is 1. The second-order valence-electron chi connectivity index (χ2n) is 3.72. The number of thioether (sulfide) groups is 1. The summed E-state index contributed by atoms with van der Waals surface area (Å²) < 4.78 is 0. The molecule has 2 atom stereocenters. The molecule has 1 aliphatic heterocycles. The number of carbonyl (C=O) groups is 2. The zero-order chi connectivity index (χ0) is 12.1. The highest BCUT2D eigenvalue weighted by molar-refractivity contribution is 8.00. The fourth-order valence-electron chi connectivity index (χ4n) is 1.79. The molecule has 90 valence electrons. The van der Waals surface area contributed by atoms with E-state index in [0.717, 1.165) is 12.8 Å². The van der Waals surface area contributed by atoms with E-state index in [1.54, 1.807) is 11.8 Å². The number of nitrogens with zero attached hydrogens (tertiary/aromatic N) is 1. The molecule has 2 unspecified atom stereocenters. The average Bonchev–Trinajstić information content (AvgIpc) is 2.62. The Kier molecular flexibility index (Phi) is 4.86. The van der Waals surface area contributed by atoms with Gasteiger partial charge in [-0.1, -0.05) is 19.4 Å². The van der Waals surface area contributed by atoms with Gasteiger partial charge >= 0.3 is 5.97 Å². The van der Waals surface area contributed by atoms with Crippen LogP contribution in [0.5, 0.6) is 0 Å². The largest absolute Gasteiger partial charge is 0.480 e. The Balaban J connectivity index is 2.79. The molecule has 0 aliphatic carbocycles. The summed E-state index contributed by atoms with van der Waals surface area (Å²) in [4.78, 5) is 24.4. The van der Waals surface area contributed by atoms with Crippen LogP contribution in [0.15, 0.2) is 12.7 Å². The molecule has 0 saturated carbocycles. The van der Waals surface area contributed by atoms with E-state index in [0.29, 0.717) is 5.75 Å². The molecule has 5 heteroatoms. The summed E-state index contributed by atoms with van der Waals surface area (Å²) in [6.07, 6.45) is 3.52. The molecule has 0 bridgehead atoms. The third kappa shape index (κ3) is 2.78. The maximum atomic E-state index is 11.8. The first kappa shape index (κ1) is 13.1. The van der Waals surface area contributed by atoms with E-state index in [1.165, 1.54) is 11.0 Å². The number of aliphatic carboxylic acids is 1. The molecule has 1 aliphatic rings. The van der Waals surface area contributed by atoms with Crippen molar-refractivity contribution >= 4 is 23.6 Å². The Hall–Kier alpha value is -0.970. The van der Waals surface area contributed by atoms with Crippen molar-refractivity contribution in [1.29, 1.82) is 0 Å². The van der Waals surface area contributed by atoms with Gasteiger partial charge in [-0.15, -0.1) is 18.3 Å². The molecule has 4 nitrogen and oxygen atoms in total. The molecular formula is C11H17NO3S. The SMILES string of the molecule is C=CCC(=O)N1C(CCC)SCC1C(=O)O. The van der Waals surface area contributed by atoms with E-state index >= 15 is 0 Å². The van der Waals surface area contributed by atoms with Crippen LogP contribution < -0.4 is 0 Å². The molecule has 0 aromatic heterocycles. The van der Waals surface area contributed by atoms with Crippen LogP contribution in [0.3, 0.4) is 0 Å². The van der Waals surface area contributed by atoms with Gasteiger partial charge in [-0.05, 0) is 6.42 Å². The van der Waals surface area contributed by atoms with Crippen LogP contribution in [0.1, 0.15) is 26.2 Å². The molecule has 1 amide bonds. The van der Waals surface area contributed by atoms with Crippen molar-refractivity contribution in [1.82, 2.24) is 4.90 Å².